The van der Waals surface area contributed by atoms with Crippen molar-refractivity contribution in [3.05, 3.63) is 12.4 Å². The van der Waals surface area contributed by atoms with Crippen molar-refractivity contribution in [1.82, 2.24) is 9.80 Å². The third kappa shape index (κ3) is 27.0. The molecule has 1 heterocycles. The molecule has 0 spiro atoms. The summed E-state index contributed by atoms with van der Waals surface area (Å²) in [5.41, 5.74) is 0. The van der Waals surface area contributed by atoms with E-state index in [1.807, 2.05) is 0 Å². The molecule has 1 atom stereocenters. The van der Waals surface area contributed by atoms with E-state index in [0.29, 0.717) is 6.17 Å². The molecule has 0 aliphatic carbocycles. The van der Waals surface area contributed by atoms with Crippen molar-refractivity contribution in [2.45, 2.75) is 252 Å². The molecular weight excluding hydrogens is 544 g/mol. The van der Waals surface area contributed by atoms with Crippen molar-refractivity contribution in [2.24, 2.45) is 0 Å². The van der Waals surface area contributed by atoms with Gasteiger partial charge >= 0.3 is 0 Å². The van der Waals surface area contributed by atoms with Crippen LogP contribution in [0.15, 0.2) is 12.4 Å². The number of unbranched alkanes of at least 4 members (excludes halogenated alkanes) is 31. The van der Waals surface area contributed by atoms with Crippen LogP contribution >= 0.6 is 0 Å². The molecule has 1 aliphatic rings. The molecular formula is C43H86N2. The fourth-order valence-electron chi connectivity index (χ4n) is 7.42. The highest BCUT2D eigenvalue weighted by molar-refractivity contribution is 4.97. The average molecular weight is 631 g/mol. The Labute approximate surface area is 286 Å². The van der Waals surface area contributed by atoms with Gasteiger partial charge in [-0.1, -0.05) is 220 Å². The maximum Gasteiger partial charge on any atom is 0.101 e. The molecule has 1 aliphatic heterocycles. The summed E-state index contributed by atoms with van der Waals surface area (Å²) in [6, 6.07) is 0. The zero-order valence-corrected chi connectivity index (χ0v) is 31.8. The molecule has 0 aromatic carbocycles. The zero-order chi connectivity index (χ0) is 32.3. The molecule has 0 aromatic heterocycles. The summed E-state index contributed by atoms with van der Waals surface area (Å²) in [7, 11) is 0. The third-order valence-corrected chi connectivity index (χ3v) is 10.6. The second-order valence-corrected chi connectivity index (χ2v) is 15.0. The van der Waals surface area contributed by atoms with E-state index in [1.165, 1.54) is 238 Å². The Hall–Kier alpha value is -0.660. The van der Waals surface area contributed by atoms with Crippen molar-refractivity contribution in [3.8, 4) is 0 Å². The van der Waals surface area contributed by atoms with E-state index < -0.39 is 0 Å². The van der Waals surface area contributed by atoms with E-state index in [-0.39, 0.29) is 0 Å². The Bertz CT molecular complexity index is 586. The molecule has 268 valence electrons. The van der Waals surface area contributed by atoms with Crippen LogP contribution in [0.25, 0.3) is 0 Å². The Morgan fingerprint density at radius 1 is 0.289 bits per heavy atom. The first kappa shape index (κ1) is 42.4. The third-order valence-electron chi connectivity index (χ3n) is 10.6. The molecule has 0 amide bonds. The minimum absolute atomic E-state index is 0.639. The number of nitrogens with zero attached hydrogens (tertiary/aromatic N) is 2. The van der Waals surface area contributed by atoms with Crippen LogP contribution in [-0.4, -0.2) is 29.1 Å². The first-order valence-corrected chi connectivity index (χ1v) is 21.5. The van der Waals surface area contributed by atoms with E-state index in [1.54, 1.807) is 0 Å². The second-order valence-electron chi connectivity index (χ2n) is 15.0. The molecule has 0 saturated carbocycles. The normalized spacial score (nSPS) is 14.8. The number of rotatable bonds is 37. The van der Waals surface area contributed by atoms with Crippen LogP contribution in [0.5, 0.6) is 0 Å². The predicted octanol–water partition coefficient (Wildman–Crippen LogP) is 15.1. The summed E-state index contributed by atoms with van der Waals surface area (Å²) < 4.78 is 0. The van der Waals surface area contributed by atoms with Gasteiger partial charge in [0.05, 0.1) is 0 Å². The van der Waals surface area contributed by atoms with Gasteiger partial charge in [-0.25, -0.2) is 0 Å². The van der Waals surface area contributed by atoms with Gasteiger partial charge in [-0.2, -0.15) is 0 Å². The fourth-order valence-corrected chi connectivity index (χ4v) is 7.42. The quantitative estimate of drug-likeness (QED) is 0.0630. The predicted molar refractivity (Wildman–Crippen MR) is 205 cm³/mol. The molecule has 0 radical (unpaired) electrons. The van der Waals surface area contributed by atoms with Gasteiger partial charge in [-0.15, -0.1) is 0 Å². The van der Waals surface area contributed by atoms with E-state index >= 15 is 0 Å². The van der Waals surface area contributed by atoms with Crippen LogP contribution in [0.4, 0.5) is 0 Å². The van der Waals surface area contributed by atoms with Gasteiger partial charge < -0.3 is 9.80 Å². The summed E-state index contributed by atoms with van der Waals surface area (Å²) in [6.07, 6.45) is 55.9. The number of hydrogen-bond donors (Lipinski definition) is 0. The van der Waals surface area contributed by atoms with E-state index in [0.717, 1.165) is 0 Å². The molecule has 2 nitrogen and oxygen atoms in total. The first-order valence-electron chi connectivity index (χ1n) is 21.5. The van der Waals surface area contributed by atoms with Crippen LogP contribution in [-0.2, 0) is 0 Å². The van der Waals surface area contributed by atoms with Gasteiger partial charge in [-0.05, 0) is 25.7 Å². The van der Waals surface area contributed by atoms with Crippen molar-refractivity contribution >= 4 is 0 Å². The molecule has 0 N–H and O–H groups in total. The van der Waals surface area contributed by atoms with Crippen LogP contribution < -0.4 is 0 Å². The Balaban J connectivity index is 2.18. The molecule has 1 rings (SSSR count). The molecule has 45 heavy (non-hydrogen) atoms. The van der Waals surface area contributed by atoms with Crippen LogP contribution in [0.1, 0.15) is 245 Å². The fraction of sp³-hybridized carbons (Fsp3) is 0.953. The average Bonchev–Trinajstić information content (AvgIpc) is 3.43. The lowest BCUT2D eigenvalue weighted by Gasteiger charge is -2.33. The lowest BCUT2D eigenvalue weighted by molar-refractivity contribution is 0.135. The molecule has 1 unspecified atom stereocenters. The highest BCUT2D eigenvalue weighted by Gasteiger charge is 2.24. The summed E-state index contributed by atoms with van der Waals surface area (Å²) >= 11 is 0. The van der Waals surface area contributed by atoms with Gasteiger partial charge in [-0.3, -0.25) is 0 Å². The van der Waals surface area contributed by atoms with Crippen LogP contribution in [0.3, 0.4) is 0 Å². The monoisotopic (exact) mass is 631 g/mol. The lowest BCUT2D eigenvalue weighted by atomic mass is 10.0. The highest BCUT2D eigenvalue weighted by atomic mass is 15.4. The van der Waals surface area contributed by atoms with Gasteiger partial charge in [0.15, 0.2) is 0 Å². The SMILES string of the molecule is CCCCCCCCCCCCCCCCCN1C=CN(CCCCCCCCCCCC)C1CCCCCCCCCCC. The van der Waals surface area contributed by atoms with Crippen LogP contribution in [0, 0.1) is 0 Å². The Morgan fingerprint density at radius 2 is 0.511 bits per heavy atom. The van der Waals surface area contributed by atoms with E-state index in [4.69, 9.17) is 0 Å². The zero-order valence-electron chi connectivity index (χ0n) is 31.8. The lowest BCUT2D eigenvalue weighted by Crippen LogP contribution is -2.39. The smallest absolute Gasteiger partial charge is 0.101 e. The molecule has 0 saturated heterocycles. The summed E-state index contributed by atoms with van der Waals surface area (Å²) in [6.45, 7) is 9.49. The largest absolute Gasteiger partial charge is 0.356 e. The van der Waals surface area contributed by atoms with Crippen LogP contribution in [0.2, 0.25) is 0 Å². The van der Waals surface area contributed by atoms with Crippen molar-refractivity contribution in [2.75, 3.05) is 13.1 Å². The second kappa shape index (κ2) is 34.7. The van der Waals surface area contributed by atoms with E-state index in [9.17, 15) is 0 Å². The Kier molecular flexibility index (Phi) is 32.6. The van der Waals surface area contributed by atoms with Crippen molar-refractivity contribution in [1.29, 1.82) is 0 Å². The minimum Gasteiger partial charge on any atom is -0.356 e. The minimum atomic E-state index is 0.639. The van der Waals surface area contributed by atoms with Gasteiger partial charge in [0, 0.05) is 25.5 Å². The molecule has 0 bridgehead atoms. The molecule has 2 heteroatoms. The Morgan fingerprint density at radius 3 is 0.778 bits per heavy atom. The van der Waals surface area contributed by atoms with E-state index in [2.05, 4.69) is 43.0 Å². The van der Waals surface area contributed by atoms with Gasteiger partial charge in [0.2, 0.25) is 0 Å². The number of hydrogen-bond acceptors (Lipinski definition) is 2. The van der Waals surface area contributed by atoms with Crippen molar-refractivity contribution < 1.29 is 0 Å². The summed E-state index contributed by atoms with van der Waals surface area (Å²) in [5.74, 6) is 0. The summed E-state index contributed by atoms with van der Waals surface area (Å²) in [4.78, 5) is 5.45. The first-order chi connectivity index (χ1) is 22.3. The van der Waals surface area contributed by atoms with Crippen molar-refractivity contribution in [3.63, 3.8) is 0 Å². The standard InChI is InChI=1S/C43H86N2/c1-4-7-10-13-16-19-21-22-23-24-25-28-31-34-37-40-45-42-41-44(39-36-33-30-27-20-17-14-11-8-5-2)43(45)38-35-32-29-26-18-15-12-9-6-3/h41-43H,4-40H2,1-3H3. The van der Waals surface area contributed by atoms with Gasteiger partial charge in [0.25, 0.3) is 0 Å². The highest BCUT2D eigenvalue weighted by Crippen LogP contribution is 2.24. The maximum absolute atomic E-state index is 2.73. The topological polar surface area (TPSA) is 6.48 Å². The summed E-state index contributed by atoms with van der Waals surface area (Å²) in [5, 5.41) is 0. The van der Waals surface area contributed by atoms with Gasteiger partial charge in [0.1, 0.15) is 6.17 Å². The maximum atomic E-state index is 2.73. The molecule has 0 aromatic rings. The molecule has 0 fully saturated rings.